The molecule has 1 N–H and O–H groups in total. The second kappa shape index (κ2) is 3.33. The van der Waals surface area contributed by atoms with Gasteiger partial charge in [0.05, 0.1) is 0 Å². The van der Waals surface area contributed by atoms with Crippen molar-refractivity contribution in [1.82, 2.24) is 10.2 Å². The highest BCUT2D eigenvalue weighted by Crippen LogP contribution is 2.21. The molecule has 2 heterocycles. The van der Waals surface area contributed by atoms with Crippen molar-refractivity contribution >= 4 is 6.01 Å². The molecule has 1 atom stereocenters. The van der Waals surface area contributed by atoms with Gasteiger partial charge in [-0.3, -0.25) is 0 Å². The van der Waals surface area contributed by atoms with Gasteiger partial charge in [0.1, 0.15) is 0 Å². The number of hydrogen-bond donors (Lipinski definition) is 1. The summed E-state index contributed by atoms with van der Waals surface area (Å²) in [5, 5.41) is 16.6. The molecular formula is C8H13N3O2. The van der Waals surface area contributed by atoms with Crippen molar-refractivity contribution in [2.45, 2.75) is 13.3 Å². The van der Waals surface area contributed by atoms with Gasteiger partial charge in [0.2, 0.25) is 5.89 Å². The topological polar surface area (TPSA) is 62.4 Å². The van der Waals surface area contributed by atoms with Crippen molar-refractivity contribution < 1.29 is 9.52 Å². The Morgan fingerprint density at radius 2 is 2.46 bits per heavy atom. The third-order valence-corrected chi connectivity index (χ3v) is 2.33. The fourth-order valence-electron chi connectivity index (χ4n) is 1.57. The molecule has 0 aromatic carbocycles. The van der Waals surface area contributed by atoms with E-state index in [0.717, 1.165) is 19.5 Å². The van der Waals surface area contributed by atoms with Crippen molar-refractivity contribution in [2.75, 3.05) is 24.6 Å². The minimum absolute atomic E-state index is 0.240. The first-order valence-corrected chi connectivity index (χ1v) is 4.45. The van der Waals surface area contributed by atoms with Crippen LogP contribution in [0.2, 0.25) is 0 Å². The lowest BCUT2D eigenvalue weighted by molar-refractivity contribution is 0.238. The zero-order valence-corrected chi connectivity index (χ0v) is 7.60. The molecule has 0 spiro atoms. The summed E-state index contributed by atoms with van der Waals surface area (Å²) in [4.78, 5) is 2.01. The minimum atomic E-state index is 0.240. The van der Waals surface area contributed by atoms with Crippen molar-refractivity contribution in [3.63, 3.8) is 0 Å². The predicted octanol–water partition coefficient (Wildman–Crippen LogP) is 0.197. The van der Waals surface area contributed by atoms with E-state index in [2.05, 4.69) is 10.2 Å². The third-order valence-electron chi connectivity index (χ3n) is 2.33. The average molecular weight is 183 g/mol. The number of aromatic nitrogens is 2. The van der Waals surface area contributed by atoms with Crippen LogP contribution in [0.3, 0.4) is 0 Å². The van der Waals surface area contributed by atoms with Gasteiger partial charge in [0.25, 0.3) is 0 Å². The molecule has 1 aliphatic heterocycles. The summed E-state index contributed by atoms with van der Waals surface area (Å²) in [6.07, 6.45) is 0.998. The first kappa shape index (κ1) is 8.50. The molecule has 1 aromatic rings. The summed E-state index contributed by atoms with van der Waals surface area (Å²) in [5.41, 5.74) is 0. The van der Waals surface area contributed by atoms with Crippen LogP contribution in [-0.2, 0) is 0 Å². The van der Waals surface area contributed by atoms with E-state index in [4.69, 9.17) is 9.52 Å². The van der Waals surface area contributed by atoms with E-state index >= 15 is 0 Å². The summed E-state index contributed by atoms with van der Waals surface area (Å²) >= 11 is 0. The van der Waals surface area contributed by atoms with Gasteiger partial charge in [0, 0.05) is 32.5 Å². The van der Waals surface area contributed by atoms with E-state index in [9.17, 15) is 0 Å². The highest BCUT2D eigenvalue weighted by atomic mass is 16.4. The van der Waals surface area contributed by atoms with Crippen LogP contribution in [0.15, 0.2) is 4.42 Å². The smallest absolute Gasteiger partial charge is 0.318 e. The highest BCUT2D eigenvalue weighted by Gasteiger charge is 2.25. The molecule has 0 aliphatic carbocycles. The van der Waals surface area contributed by atoms with E-state index in [-0.39, 0.29) is 6.61 Å². The second-order valence-electron chi connectivity index (χ2n) is 3.39. The Labute approximate surface area is 76.4 Å². The molecule has 0 radical (unpaired) electrons. The van der Waals surface area contributed by atoms with Crippen LogP contribution >= 0.6 is 0 Å². The molecule has 1 saturated heterocycles. The van der Waals surface area contributed by atoms with E-state index in [0.29, 0.717) is 17.8 Å². The van der Waals surface area contributed by atoms with Crippen molar-refractivity contribution in [1.29, 1.82) is 0 Å². The van der Waals surface area contributed by atoms with Gasteiger partial charge in [-0.2, -0.15) is 0 Å². The Kier molecular flexibility index (Phi) is 2.18. The number of aliphatic hydroxyl groups is 1. The van der Waals surface area contributed by atoms with Crippen molar-refractivity contribution in [3.8, 4) is 0 Å². The fraction of sp³-hybridized carbons (Fsp3) is 0.750. The summed E-state index contributed by atoms with van der Waals surface area (Å²) in [5.74, 6) is 0.939. The Morgan fingerprint density at radius 3 is 3.00 bits per heavy atom. The molecule has 1 aromatic heterocycles. The molecule has 5 heteroatoms. The van der Waals surface area contributed by atoms with Gasteiger partial charge in [-0.05, 0) is 6.42 Å². The maximum atomic E-state index is 8.94. The number of nitrogens with zero attached hydrogens (tertiary/aromatic N) is 3. The lowest BCUT2D eigenvalue weighted by Gasteiger charge is -2.11. The van der Waals surface area contributed by atoms with Crippen LogP contribution in [0, 0.1) is 12.8 Å². The molecule has 0 unspecified atom stereocenters. The molecule has 2 rings (SSSR count). The monoisotopic (exact) mass is 183 g/mol. The molecule has 5 nitrogen and oxygen atoms in total. The number of rotatable bonds is 2. The van der Waals surface area contributed by atoms with E-state index in [1.807, 2.05) is 4.90 Å². The maximum Gasteiger partial charge on any atom is 0.318 e. The zero-order valence-electron chi connectivity index (χ0n) is 7.60. The van der Waals surface area contributed by atoms with Gasteiger partial charge in [-0.1, -0.05) is 5.10 Å². The van der Waals surface area contributed by atoms with Crippen molar-refractivity contribution in [3.05, 3.63) is 5.89 Å². The maximum absolute atomic E-state index is 8.94. The lowest BCUT2D eigenvalue weighted by Crippen LogP contribution is -2.20. The van der Waals surface area contributed by atoms with Crippen LogP contribution in [0.5, 0.6) is 0 Å². The van der Waals surface area contributed by atoms with Gasteiger partial charge in [0.15, 0.2) is 0 Å². The zero-order chi connectivity index (χ0) is 9.26. The first-order chi connectivity index (χ1) is 6.29. The van der Waals surface area contributed by atoms with E-state index in [1.54, 1.807) is 6.92 Å². The number of hydrogen-bond acceptors (Lipinski definition) is 5. The lowest BCUT2D eigenvalue weighted by atomic mass is 10.1. The van der Waals surface area contributed by atoms with Gasteiger partial charge in [-0.15, -0.1) is 5.10 Å². The molecule has 13 heavy (non-hydrogen) atoms. The SMILES string of the molecule is Cc1nnc(N2CC[C@@H](CO)C2)o1. The predicted molar refractivity (Wildman–Crippen MR) is 46.4 cm³/mol. The van der Waals surface area contributed by atoms with E-state index in [1.165, 1.54) is 0 Å². The van der Waals surface area contributed by atoms with Crippen LogP contribution in [0.4, 0.5) is 6.01 Å². The second-order valence-corrected chi connectivity index (χ2v) is 3.39. The molecule has 72 valence electrons. The van der Waals surface area contributed by atoms with Crippen molar-refractivity contribution in [2.24, 2.45) is 5.92 Å². The molecular weight excluding hydrogens is 170 g/mol. The molecule has 0 bridgehead atoms. The molecule has 0 amide bonds. The largest absolute Gasteiger partial charge is 0.408 e. The summed E-state index contributed by atoms with van der Waals surface area (Å²) in [7, 11) is 0. The minimum Gasteiger partial charge on any atom is -0.408 e. The molecule has 1 aliphatic rings. The molecule has 1 fully saturated rings. The Bertz CT molecular complexity index is 287. The van der Waals surface area contributed by atoms with Gasteiger partial charge in [-0.25, -0.2) is 0 Å². The van der Waals surface area contributed by atoms with Crippen LogP contribution < -0.4 is 4.90 Å². The van der Waals surface area contributed by atoms with Gasteiger partial charge < -0.3 is 14.4 Å². The number of anilines is 1. The van der Waals surface area contributed by atoms with Crippen LogP contribution in [0.1, 0.15) is 12.3 Å². The quantitative estimate of drug-likeness (QED) is 0.709. The first-order valence-electron chi connectivity index (χ1n) is 4.45. The summed E-state index contributed by atoms with van der Waals surface area (Å²) in [6, 6.07) is 0.577. The number of aliphatic hydroxyl groups excluding tert-OH is 1. The van der Waals surface area contributed by atoms with Crippen LogP contribution in [-0.4, -0.2) is 35.0 Å². The fourth-order valence-corrected chi connectivity index (χ4v) is 1.57. The Balaban J connectivity index is 2.03. The van der Waals surface area contributed by atoms with Gasteiger partial charge >= 0.3 is 6.01 Å². The van der Waals surface area contributed by atoms with Crippen LogP contribution in [0.25, 0.3) is 0 Å². The Morgan fingerprint density at radius 1 is 1.62 bits per heavy atom. The standard InChI is InChI=1S/C8H13N3O2/c1-6-9-10-8(13-6)11-3-2-7(4-11)5-12/h7,12H,2-5H2,1H3/t7-/m1/s1. The normalized spacial score (nSPS) is 22.6. The highest BCUT2D eigenvalue weighted by molar-refractivity contribution is 5.26. The average Bonchev–Trinajstić information content (AvgIpc) is 2.71. The Hall–Kier alpha value is -1.10. The van der Waals surface area contributed by atoms with E-state index < -0.39 is 0 Å². The third kappa shape index (κ3) is 1.65. The molecule has 0 saturated carbocycles. The summed E-state index contributed by atoms with van der Waals surface area (Å²) < 4.78 is 5.28. The summed E-state index contributed by atoms with van der Waals surface area (Å²) in [6.45, 7) is 3.73. The number of aryl methyl sites for hydroxylation is 1.